The van der Waals surface area contributed by atoms with Gasteiger partial charge in [-0.25, -0.2) is 9.69 Å². The lowest BCUT2D eigenvalue weighted by Crippen LogP contribution is -2.39. The van der Waals surface area contributed by atoms with Crippen LogP contribution in [0.15, 0.2) is 11.4 Å². The van der Waals surface area contributed by atoms with Crippen molar-refractivity contribution in [3.63, 3.8) is 0 Å². The minimum absolute atomic E-state index is 0.223. The minimum atomic E-state index is -0.987. The van der Waals surface area contributed by atoms with Gasteiger partial charge in [-0.3, -0.25) is 19.3 Å². The summed E-state index contributed by atoms with van der Waals surface area (Å²) in [4.78, 5) is 49.1. The van der Waals surface area contributed by atoms with E-state index in [2.05, 4.69) is 5.32 Å². The number of nitriles is 1. The Hall–Kier alpha value is -2.73. The van der Waals surface area contributed by atoms with E-state index in [1.54, 1.807) is 11.4 Å². The summed E-state index contributed by atoms with van der Waals surface area (Å²) in [7, 11) is 0. The number of thiophene rings is 1. The zero-order valence-corrected chi connectivity index (χ0v) is 12.1. The molecule has 0 atom stereocenters. The predicted octanol–water partition coefficient (Wildman–Crippen LogP) is 0.511. The summed E-state index contributed by atoms with van der Waals surface area (Å²) in [5.74, 6) is -2.50. The summed E-state index contributed by atoms with van der Waals surface area (Å²) in [6.07, 6.45) is 1.37. The lowest BCUT2D eigenvalue weighted by atomic mass is 10.3. The van der Waals surface area contributed by atoms with Gasteiger partial charge in [-0.15, -0.1) is 11.3 Å². The second-order valence-electron chi connectivity index (χ2n) is 4.90. The molecule has 0 spiro atoms. The third kappa shape index (κ3) is 2.33. The van der Waals surface area contributed by atoms with Crippen LogP contribution in [0.4, 0.5) is 9.80 Å². The van der Waals surface area contributed by atoms with E-state index in [0.717, 1.165) is 16.2 Å². The SMILES string of the molecule is N#Cc1ccsc1NC(=O)CN1C(=O)C(=O)N(C2CC2)C1=O. The maximum Gasteiger partial charge on any atom is 0.334 e. The van der Waals surface area contributed by atoms with E-state index in [-0.39, 0.29) is 6.04 Å². The average molecular weight is 318 g/mol. The Labute approximate surface area is 128 Å². The molecule has 2 fully saturated rings. The number of carbonyl (C=O) groups is 4. The van der Waals surface area contributed by atoms with Crippen LogP contribution in [0.2, 0.25) is 0 Å². The molecule has 1 saturated carbocycles. The van der Waals surface area contributed by atoms with E-state index in [1.165, 1.54) is 0 Å². The maximum atomic E-state index is 12.0. The van der Waals surface area contributed by atoms with Crippen LogP contribution < -0.4 is 5.32 Å². The second-order valence-corrected chi connectivity index (χ2v) is 5.82. The van der Waals surface area contributed by atoms with Gasteiger partial charge in [0.1, 0.15) is 17.6 Å². The molecule has 1 saturated heterocycles. The topological polar surface area (TPSA) is 111 Å². The van der Waals surface area contributed by atoms with Gasteiger partial charge in [0.05, 0.1) is 5.56 Å². The monoisotopic (exact) mass is 318 g/mol. The second kappa shape index (κ2) is 5.23. The molecule has 1 aromatic heterocycles. The Kier molecular flexibility index (Phi) is 3.38. The number of nitrogens with zero attached hydrogens (tertiary/aromatic N) is 3. The number of amides is 5. The molecule has 9 heteroatoms. The van der Waals surface area contributed by atoms with Gasteiger partial charge in [0, 0.05) is 6.04 Å². The maximum absolute atomic E-state index is 12.0. The molecule has 1 aliphatic carbocycles. The fraction of sp³-hybridized carbons (Fsp3) is 0.308. The van der Waals surface area contributed by atoms with Gasteiger partial charge in [0.25, 0.3) is 0 Å². The van der Waals surface area contributed by atoms with E-state index in [4.69, 9.17) is 5.26 Å². The van der Waals surface area contributed by atoms with E-state index >= 15 is 0 Å². The van der Waals surface area contributed by atoms with Gasteiger partial charge in [-0.05, 0) is 24.3 Å². The van der Waals surface area contributed by atoms with Crippen LogP contribution >= 0.6 is 11.3 Å². The normalized spacial score (nSPS) is 17.9. The third-order valence-electron chi connectivity index (χ3n) is 3.34. The first-order valence-corrected chi connectivity index (χ1v) is 7.37. The van der Waals surface area contributed by atoms with E-state index in [0.29, 0.717) is 28.3 Å². The number of nitrogens with one attached hydrogen (secondary N) is 1. The lowest BCUT2D eigenvalue weighted by Gasteiger charge is -2.14. The Morgan fingerprint density at radius 1 is 1.36 bits per heavy atom. The molecule has 22 heavy (non-hydrogen) atoms. The molecule has 8 nitrogen and oxygen atoms in total. The molecule has 0 bridgehead atoms. The van der Waals surface area contributed by atoms with Crippen molar-refractivity contribution in [2.75, 3.05) is 11.9 Å². The van der Waals surface area contributed by atoms with Gasteiger partial charge in [-0.2, -0.15) is 5.26 Å². The molecule has 5 amide bonds. The molecule has 2 aliphatic rings. The molecule has 0 radical (unpaired) electrons. The van der Waals surface area contributed by atoms with Gasteiger partial charge in [-0.1, -0.05) is 0 Å². The highest BCUT2D eigenvalue weighted by molar-refractivity contribution is 7.14. The van der Waals surface area contributed by atoms with Gasteiger partial charge in [0.2, 0.25) is 5.91 Å². The highest BCUT2D eigenvalue weighted by Gasteiger charge is 2.51. The smallest absolute Gasteiger partial charge is 0.315 e. The quantitative estimate of drug-likeness (QED) is 0.642. The summed E-state index contributed by atoms with van der Waals surface area (Å²) in [5.41, 5.74) is 0.299. The van der Waals surface area contributed by atoms with Crippen molar-refractivity contribution < 1.29 is 19.2 Å². The Morgan fingerprint density at radius 2 is 2.09 bits per heavy atom. The Bertz CT molecular complexity index is 731. The van der Waals surface area contributed by atoms with Crippen molar-refractivity contribution in [2.24, 2.45) is 0 Å². The molecule has 1 N–H and O–H groups in total. The first-order chi connectivity index (χ1) is 10.5. The van der Waals surface area contributed by atoms with E-state index < -0.39 is 30.3 Å². The van der Waals surface area contributed by atoms with Crippen molar-refractivity contribution >= 4 is 40.1 Å². The predicted molar refractivity (Wildman–Crippen MR) is 74.6 cm³/mol. The number of hydrogen-bond donors (Lipinski definition) is 1. The van der Waals surface area contributed by atoms with Crippen LogP contribution in [-0.4, -0.2) is 46.1 Å². The van der Waals surface area contributed by atoms with Gasteiger partial charge in [0.15, 0.2) is 0 Å². The first kappa shape index (κ1) is 14.2. The van der Waals surface area contributed by atoms with Crippen molar-refractivity contribution in [3.8, 4) is 6.07 Å². The number of imide groups is 2. The summed E-state index contributed by atoms with van der Waals surface area (Å²) in [6, 6.07) is 2.49. The molecule has 1 aliphatic heterocycles. The van der Waals surface area contributed by atoms with Crippen LogP contribution in [0, 0.1) is 11.3 Å². The van der Waals surface area contributed by atoms with Crippen LogP contribution in [0.3, 0.4) is 0 Å². The van der Waals surface area contributed by atoms with Crippen LogP contribution in [0.25, 0.3) is 0 Å². The fourth-order valence-corrected chi connectivity index (χ4v) is 2.87. The zero-order valence-electron chi connectivity index (χ0n) is 11.2. The lowest BCUT2D eigenvalue weighted by molar-refractivity contribution is -0.143. The highest BCUT2D eigenvalue weighted by Crippen LogP contribution is 2.31. The number of carbonyl (C=O) groups excluding carboxylic acids is 4. The van der Waals surface area contributed by atoms with Crippen molar-refractivity contribution in [1.29, 1.82) is 5.26 Å². The number of anilines is 1. The highest BCUT2D eigenvalue weighted by atomic mass is 32.1. The van der Waals surface area contributed by atoms with Crippen LogP contribution in [0.5, 0.6) is 0 Å². The number of rotatable bonds is 4. The van der Waals surface area contributed by atoms with E-state index in [1.807, 2.05) is 6.07 Å². The average Bonchev–Trinajstić information content (AvgIpc) is 3.18. The van der Waals surface area contributed by atoms with Crippen molar-refractivity contribution in [3.05, 3.63) is 17.0 Å². The molecular formula is C13H10N4O4S. The molecule has 3 rings (SSSR count). The summed E-state index contributed by atoms with van der Waals surface area (Å²) in [6.45, 7) is -0.546. The Morgan fingerprint density at radius 3 is 2.73 bits per heavy atom. The largest absolute Gasteiger partial charge is 0.334 e. The summed E-state index contributed by atoms with van der Waals surface area (Å²) >= 11 is 1.16. The Balaban J connectivity index is 1.69. The molecule has 0 aromatic carbocycles. The van der Waals surface area contributed by atoms with Crippen LogP contribution in [-0.2, 0) is 14.4 Å². The fourth-order valence-electron chi connectivity index (χ4n) is 2.12. The molecular weight excluding hydrogens is 308 g/mol. The van der Waals surface area contributed by atoms with Crippen LogP contribution in [0.1, 0.15) is 18.4 Å². The summed E-state index contributed by atoms with van der Waals surface area (Å²) < 4.78 is 0. The first-order valence-electron chi connectivity index (χ1n) is 6.49. The zero-order chi connectivity index (χ0) is 15.9. The number of hydrogen-bond acceptors (Lipinski definition) is 6. The molecule has 1 aromatic rings. The standard InChI is InChI=1S/C13H10N4O4S/c14-5-7-3-4-22-10(7)15-9(18)6-16-11(19)12(20)17(13(16)21)8-1-2-8/h3-4,8H,1-2,6H2,(H,15,18). The van der Waals surface area contributed by atoms with E-state index in [9.17, 15) is 19.2 Å². The van der Waals surface area contributed by atoms with Gasteiger partial charge >= 0.3 is 17.8 Å². The minimum Gasteiger partial charge on any atom is -0.315 e. The molecule has 112 valence electrons. The van der Waals surface area contributed by atoms with Gasteiger partial charge < -0.3 is 5.32 Å². The number of urea groups is 1. The third-order valence-corrected chi connectivity index (χ3v) is 4.17. The van der Waals surface area contributed by atoms with Crippen molar-refractivity contribution in [2.45, 2.75) is 18.9 Å². The summed E-state index contributed by atoms with van der Waals surface area (Å²) in [5, 5.41) is 13.3. The van der Waals surface area contributed by atoms with Crippen molar-refractivity contribution in [1.82, 2.24) is 9.80 Å². The molecule has 0 unspecified atom stereocenters. The molecule has 2 heterocycles.